The molecule has 0 radical (unpaired) electrons. The molecule has 2 aromatic heterocycles. The lowest BCUT2D eigenvalue weighted by Gasteiger charge is -2.10. The molecular formula is C15H16FN5. The summed E-state index contributed by atoms with van der Waals surface area (Å²) >= 11 is 0. The van der Waals surface area contributed by atoms with Gasteiger partial charge in [0.05, 0.1) is 0 Å². The second kappa shape index (κ2) is 5.87. The fraction of sp³-hybridized carbons (Fsp3) is 0.267. The second-order valence-corrected chi connectivity index (χ2v) is 4.68. The highest BCUT2D eigenvalue weighted by Gasteiger charge is 2.07. The Bertz CT molecular complexity index is 753. The molecule has 0 amide bonds. The smallest absolute Gasteiger partial charge is 0.149 e. The second-order valence-electron chi connectivity index (χ2n) is 4.68. The van der Waals surface area contributed by atoms with E-state index in [1.165, 1.54) is 12.4 Å². The highest BCUT2D eigenvalue weighted by atomic mass is 19.1. The van der Waals surface area contributed by atoms with Gasteiger partial charge in [0.25, 0.3) is 0 Å². The molecule has 108 valence electrons. The van der Waals surface area contributed by atoms with Crippen LogP contribution < -0.4 is 5.32 Å². The first-order valence-corrected chi connectivity index (χ1v) is 6.92. The van der Waals surface area contributed by atoms with Gasteiger partial charge in [-0.2, -0.15) is 0 Å². The molecule has 5 nitrogen and oxygen atoms in total. The Kier molecular flexibility index (Phi) is 3.77. The fourth-order valence-electron chi connectivity index (χ4n) is 2.35. The maximum Gasteiger partial charge on any atom is 0.149 e. The summed E-state index contributed by atoms with van der Waals surface area (Å²) in [7, 11) is 0. The van der Waals surface area contributed by atoms with Gasteiger partial charge >= 0.3 is 0 Å². The number of benzene rings is 1. The molecule has 0 aliphatic carbocycles. The summed E-state index contributed by atoms with van der Waals surface area (Å²) in [5, 5.41) is 3.93. The number of anilines is 1. The average molecular weight is 285 g/mol. The van der Waals surface area contributed by atoms with Crippen LogP contribution in [0.1, 0.15) is 12.7 Å². The zero-order chi connectivity index (χ0) is 14.7. The van der Waals surface area contributed by atoms with E-state index in [0.29, 0.717) is 23.3 Å². The summed E-state index contributed by atoms with van der Waals surface area (Å²) in [6, 6.07) is 4.88. The molecule has 0 aliphatic rings. The lowest BCUT2D eigenvalue weighted by atomic mass is 10.2. The molecule has 0 unspecified atom stereocenters. The molecule has 0 bridgehead atoms. The topological polar surface area (TPSA) is 55.6 Å². The van der Waals surface area contributed by atoms with Crippen LogP contribution in [-0.2, 0) is 13.0 Å². The van der Waals surface area contributed by atoms with E-state index in [9.17, 15) is 4.39 Å². The molecule has 0 aliphatic heterocycles. The maximum atomic E-state index is 13.7. The minimum absolute atomic E-state index is 0.333. The van der Waals surface area contributed by atoms with Gasteiger partial charge in [-0.05, 0) is 12.1 Å². The molecule has 1 N–H and O–H groups in total. The van der Waals surface area contributed by atoms with Gasteiger partial charge in [-0.15, -0.1) is 0 Å². The van der Waals surface area contributed by atoms with Gasteiger partial charge in [0, 0.05) is 37.3 Å². The van der Waals surface area contributed by atoms with Gasteiger partial charge in [-0.25, -0.2) is 19.3 Å². The predicted molar refractivity (Wildman–Crippen MR) is 79.6 cm³/mol. The van der Waals surface area contributed by atoms with Crippen molar-refractivity contribution in [1.82, 2.24) is 19.5 Å². The minimum atomic E-state index is -0.333. The lowest BCUT2D eigenvalue weighted by Crippen LogP contribution is -2.13. The highest BCUT2D eigenvalue weighted by Crippen LogP contribution is 2.20. The number of halogens is 1. The Balaban J connectivity index is 1.75. The summed E-state index contributed by atoms with van der Waals surface area (Å²) < 4.78 is 15.8. The summed E-state index contributed by atoms with van der Waals surface area (Å²) in [6.45, 7) is 3.54. The first kappa shape index (κ1) is 13.5. The van der Waals surface area contributed by atoms with Crippen LogP contribution in [0, 0.1) is 5.82 Å². The molecule has 0 saturated heterocycles. The first-order chi connectivity index (χ1) is 10.3. The van der Waals surface area contributed by atoms with Crippen molar-refractivity contribution >= 4 is 16.7 Å². The SMILES string of the molecule is CCc1nccn1CCNc1ncnc2c(F)cccc12. The predicted octanol–water partition coefficient (Wildman–Crippen LogP) is 2.64. The van der Waals surface area contributed by atoms with E-state index in [4.69, 9.17) is 0 Å². The number of imidazole rings is 1. The Morgan fingerprint density at radius 2 is 2.14 bits per heavy atom. The van der Waals surface area contributed by atoms with Crippen molar-refractivity contribution in [3.8, 4) is 0 Å². The molecule has 0 saturated carbocycles. The number of rotatable bonds is 5. The van der Waals surface area contributed by atoms with Crippen LogP contribution in [0.25, 0.3) is 10.9 Å². The number of fused-ring (bicyclic) bond motifs is 1. The van der Waals surface area contributed by atoms with Crippen molar-refractivity contribution in [3.05, 3.63) is 48.6 Å². The fourth-order valence-corrected chi connectivity index (χ4v) is 2.35. The maximum absolute atomic E-state index is 13.7. The number of aryl methyl sites for hydroxylation is 1. The van der Waals surface area contributed by atoms with E-state index < -0.39 is 0 Å². The number of hydrogen-bond donors (Lipinski definition) is 1. The zero-order valence-electron chi connectivity index (χ0n) is 11.8. The number of nitrogens with zero attached hydrogens (tertiary/aromatic N) is 4. The summed E-state index contributed by atoms with van der Waals surface area (Å²) in [6.07, 6.45) is 6.03. The van der Waals surface area contributed by atoms with Crippen molar-refractivity contribution in [2.45, 2.75) is 19.9 Å². The van der Waals surface area contributed by atoms with Gasteiger partial charge in [-0.3, -0.25) is 0 Å². The summed E-state index contributed by atoms with van der Waals surface area (Å²) in [5.41, 5.74) is 0.340. The molecular weight excluding hydrogens is 269 g/mol. The molecule has 0 spiro atoms. The Morgan fingerprint density at radius 3 is 3.00 bits per heavy atom. The van der Waals surface area contributed by atoms with E-state index in [1.54, 1.807) is 12.3 Å². The molecule has 3 rings (SSSR count). The van der Waals surface area contributed by atoms with Crippen molar-refractivity contribution in [2.24, 2.45) is 0 Å². The molecule has 1 aromatic carbocycles. The summed E-state index contributed by atoms with van der Waals surface area (Å²) in [5.74, 6) is 1.37. The van der Waals surface area contributed by atoms with Crippen LogP contribution in [-0.4, -0.2) is 26.1 Å². The zero-order valence-corrected chi connectivity index (χ0v) is 11.8. The van der Waals surface area contributed by atoms with E-state index in [2.05, 4.69) is 31.8 Å². The van der Waals surface area contributed by atoms with Crippen molar-refractivity contribution in [3.63, 3.8) is 0 Å². The Hall–Kier alpha value is -2.50. The van der Waals surface area contributed by atoms with E-state index in [0.717, 1.165) is 18.8 Å². The van der Waals surface area contributed by atoms with Crippen molar-refractivity contribution in [1.29, 1.82) is 0 Å². The van der Waals surface area contributed by atoms with Crippen LogP contribution in [0.3, 0.4) is 0 Å². The largest absolute Gasteiger partial charge is 0.368 e. The molecule has 0 atom stereocenters. The third-order valence-electron chi connectivity index (χ3n) is 3.38. The molecule has 2 heterocycles. The van der Waals surface area contributed by atoms with Crippen LogP contribution in [0.15, 0.2) is 36.9 Å². The quantitative estimate of drug-likeness (QED) is 0.783. The monoisotopic (exact) mass is 285 g/mol. The normalized spacial score (nSPS) is 11.0. The molecule has 3 aromatic rings. The van der Waals surface area contributed by atoms with E-state index in [1.807, 2.05) is 12.3 Å². The molecule has 0 fully saturated rings. The first-order valence-electron chi connectivity index (χ1n) is 6.92. The highest BCUT2D eigenvalue weighted by molar-refractivity contribution is 5.89. The minimum Gasteiger partial charge on any atom is -0.368 e. The third kappa shape index (κ3) is 2.69. The van der Waals surface area contributed by atoms with Crippen molar-refractivity contribution < 1.29 is 4.39 Å². The number of aromatic nitrogens is 4. The summed E-state index contributed by atoms with van der Waals surface area (Å²) in [4.78, 5) is 12.5. The Morgan fingerprint density at radius 1 is 1.24 bits per heavy atom. The van der Waals surface area contributed by atoms with Crippen molar-refractivity contribution in [2.75, 3.05) is 11.9 Å². The molecule has 21 heavy (non-hydrogen) atoms. The third-order valence-corrected chi connectivity index (χ3v) is 3.38. The Labute approximate surface area is 121 Å². The van der Waals surface area contributed by atoms with E-state index in [-0.39, 0.29) is 5.82 Å². The van der Waals surface area contributed by atoms with E-state index >= 15 is 0 Å². The number of para-hydroxylation sites is 1. The van der Waals surface area contributed by atoms with Crippen LogP contribution in [0.4, 0.5) is 10.2 Å². The number of nitrogens with one attached hydrogen (secondary N) is 1. The van der Waals surface area contributed by atoms with Gasteiger partial charge in [0.15, 0.2) is 0 Å². The average Bonchev–Trinajstić information content (AvgIpc) is 2.96. The van der Waals surface area contributed by atoms with Gasteiger partial charge in [0.2, 0.25) is 0 Å². The van der Waals surface area contributed by atoms with Gasteiger partial charge in [-0.1, -0.05) is 13.0 Å². The van der Waals surface area contributed by atoms with Crippen LogP contribution in [0.5, 0.6) is 0 Å². The van der Waals surface area contributed by atoms with Gasteiger partial charge in [0.1, 0.15) is 29.3 Å². The van der Waals surface area contributed by atoms with Crippen LogP contribution in [0.2, 0.25) is 0 Å². The molecule has 6 heteroatoms. The lowest BCUT2D eigenvalue weighted by molar-refractivity contribution is 0.636. The van der Waals surface area contributed by atoms with Gasteiger partial charge < -0.3 is 9.88 Å². The number of hydrogen-bond acceptors (Lipinski definition) is 4. The van der Waals surface area contributed by atoms with Crippen LogP contribution >= 0.6 is 0 Å². The standard InChI is InChI=1S/C15H16FN5/c1-2-13-17-6-8-21(13)9-7-18-15-11-4-3-5-12(16)14(11)19-10-20-15/h3-6,8,10H,2,7,9H2,1H3,(H,18,19,20).